The van der Waals surface area contributed by atoms with E-state index in [4.69, 9.17) is 10.4 Å². The van der Waals surface area contributed by atoms with Crippen molar-refractivity contribution in [1.82, 2.24) is 0 Å². The van der Waals surface area contributed by atoms with Gasteiger partial charge in [0.25, 0.3) is 0 Å². The van der Waals surface area contributed by atoms with E-state index in [0.717, 1.165) is 10.2 Å². The van der Waals surface area contributed by atoms with Gasteiger partial charge in [-0.25, -0.2) is 0 Å². The van der Waals surface area contributed by atoms with Crippen LogP contribution in [0.5, 0.6) is 0 Å². The number of nitrogens with zero attached hydrogens (tertiary/aromatic N) is 2. The Kier molecular flexibility index (Phi) is 3.34. The van der Waals surface area contributed by atoms with Crippen LogP contribution < -0.4 is 4.90 Å². The lowest BCUT2D eigenvalue weighted by Gasteiger charge is -2.40. The highest BCUT2D eigenvalue weighted by Crippen LogP contribution is 2.31. The van der Waals surface area contributed by atoms with Gasteiger partial charge in [-0.1, -0.05) is 15.9 Å². The Hall–Kier alpha value is -1.54. The molecule has 1 aromatic rings. The molecule has 0 radical (unpaired) electrons. The summed E-state index contributed by atoms with van der Waals surface area (Å²) < 4.78 is 0.924. The molecule has 0 unspecified atom stereocenters. The number of benzene rings is 1. The van der Waals surface area contributed by atoms with Crippen molar-refractivity contribution in [2.45, 2.75) is 6.42 Å². The lowest BCUT2D eigenvalue weighted by molar-refractivity contribution is -0.138. The molecule has 0 aliphatic carbocycles. The lowest BCUT2D eigenvalue weighted by Crippen LogP contribution is -2.47. The Labute approximate surface area is 108 Å². The molecule has 0 amide bonds. The molecule has 0 aromatic heterocycles. The number of carbonyl (C=O) groups is 1. The molecule has 1 aliphatic heterocycles. The molecular weight excluding hydrogens is 284 g/mol. The zero-order chi connectivity index (χ0) is 12.4. The second-order valence-electron chi connectivity index (χ2n) is 4.14. The quantitative estimate of drug-likeness (QED) is 0.928. The van der Waals surface area contributed by atoms with Gasteiger partial charge in [0.15, 0.2) is 0 Å². The number of carboxylic acid groups (broad SMARTS) is 1. The Balaban J connectivity index is 2.08. The summed E-state index contributed by atoms with van der Waals surface area (Å²) in [5, 5.41) is 17.7. The van der Waals surface area contributed by atoms with Crippen molar-refractivity contribution >= 4 is 27.6 Å². The molecule has 1 aromatic carbocycles. The summed E-state index contributed by atoms with van der Waals surface area (Å²) in [5.41, 5.74) is 1.51. The first-order valence-electron chi connectivity index (χ1n) is 5.26. The molecule has 2 rings (SSSR count). The van der Waals surface area contributed by atoms with Crippen LogP contribution in [-0.4, -0.2) is 24.2 Å². The van der Waals surface area contributed by atoms with Crippen molar-refractivity contribution in [2.75, 3.05) is 18.0 Å². The number of anilines is 1. The molecule has 1 heterocycles. The van der Waals surface area contributed by atoms with Crippen LogP contribution >= 0.6 is 15.9 Å². The van der Waals surface area contributed by atoms with E-state index in [1.165, 1.54) is 0 Å². The van der Waals surface area contributed by atoms with Gasteiger partial charge in [0.1, 0.15) is 6.07 Å². The number of halogens is 1. The summed E-state index contributed by atoms with van der Waals surface area (Å²) in [4.78, 5) is 12.6. The monoisotopic (exact) mass is 294 g/mol. The first-order chi connectivity index (χ1) is 8.10. The fraction of sp³-hybridized carbons (Fsp3) is 0.333. The number of rotatable bonds is 3. The van der Waals surface area contributed by atoms with E-state index in [1.807, 2.05) is 17.0 Å². The van der Waals surface area contributed by atoms with Gasteiger partial charge in [-0.15, -0.1) is 0 Å². The highest BCUT2D eigenvalue weighted by molar-refractivity contribution is 9.10. The van der Waals surface area contributed by atoms with Crippen molar-refractivity contribution in [1.29, 1.82) is 5.26 Å². The van der Waals surface area contributed by atoms with Crippen LogP contribution in [0.1, 0.15) is 12.0 Å². The Morgan fingerprint density at radius 2 is 2.29 bits per heavy atom. The Morgan fingerprint density at radius 3 is 2.88 bits per heavy atom. The van der Waals surface area contributed by atoms with Crippen LogP contribution in [-0.2, 0) is 4.79 Å². The molecular formula is C12H11BrN2O2. The second kappa shape index (κ2) is 4.76. The third kappa shape index (κ3) is 2.59. The van der Waals surface area contributed by atoms with E-state index < -0.39 is 5.97 Å². The van der Waals surface area contributed by atoms with E-state index in [9.17, 15) is 4.79 Å². The van der Waals surface area contributed by atoms with Crippen molar-refractivity contribution in [3.63, 3.8) is 0 Å². The van der Waals surface area contributed by atoms with Crippen molar-refractivity contribution in [2.24, 2.45) is 5.92 Å². The highest BCUT2D eigenvalue weighted by Gasteiger charge is 2.30. The number of hydrogen-bond acceptors (Lipinski definition) is 3. The van der Waals surface area contributed by atoms with E-state index in [0.29, 0.717) is 18.7 Å². The predicted octanol–water partition coefficient (Wildman–Crippen LogP) is 2.23. The topological polar surface area (TPSA) is 64.3 Å². The predicted molar refractivity (Wildman–Crippen MR) is 66.8 cm³/mol. The first kappa shape index (κ1) is 11.9. The summed E-state index contributed by atoms with van der Waals surface area (Å²) in [6.07, 6.45) is 0.201. The van der Waals surface area contributed by atoms with Crippen molar-refractivity contribution in [3.05, 3.63) is 28.2 Å². The molecule has 17 heavy (non-hydrogen) atoms. The smallest absolute Gasteiger partial charge is 0.303 e. The Bertz CT molecular complexity index is 490. The zero-order valence-corrected chi connectivity index (χ0v) is 10.6. The molecule has 1 saturated heterocycles. The number of aliphatic carboxylic acids is 1. The molecule has 0 saturated carbocycles. The van der Waals surface area contributed by atoms with Crippen LogP contribution in [0, 0.1) is 17.2 Å². The standard InChI is InChI=1S/C12H11BrN2O2/c13-10-2-1-9(5-14)11(4-10)15-6-8(7-15)3-12(16)17/h1-2,4,8H,3,6-7H2,(H,16,17). The van der Waals surface area contributed by atoms with E-state index in [-0.39, 0.29) is 12.3 Å². The minimum absolute atomic E-state index is 0.193. The van der Waals surface area contributed by atoms with Gasteiger partial charge in [0, 0.05) is 23.5 Å². The first-order valence-corrected chi connectivity index (χ1v) is 6.06. The van der Waals surface area contributed by atoms with Crippen LogP contribution in [0.4, 0.5) is 5.69 Å². The maximum Gasteiger partial charge on any atom is 0.303 e. The third-order valence-corrected chi connectivity index (χ3v) is 3.33. The number of nitriles is 1. The molecule has 1 fully saturated rings. The molecule has 5 heteroatoms. The Morgan fingerprint density at radius 1 is 1.59 bits per heavy atom. The van der Waals surface area contributed by atoms with Gasteiger partial charge in [0.2, 0.25) is 0 Å². The molecule has 1 aliphatic rings. The summed E-state index contributed by atoms with van der Waals surface area (Å²) in [5.74, 6) is -0.567. The van der Waals surface area contributed by atoms with Crippen LogP contribution in [0.2, 0.25) is 0 Å². The number of carboxylic acids is 1. The molecule has 0 spiro atoms. The molecule has 88 valence electrons. The average Bonchev–Trinajstić information content (AvgIpc) is 2.22. The summed E-state index contributed by atoms with van der Waals surface area (Å²) in [7, 11) is 0. The number of hydrogen-bond donors (Lipinski definition) is 1. The summed E-state index contributed by atoms with van der Waals surface area (Å²) in [6.45, 7) is 1.41. The molecule has 0 bridgehead atoms. The van der Waals surface area contributed by atoms with Gasteiger partial charge in [-0.2, -0.15) is 5.26 Å². The van der Waals surface area contributed by atoms with Gasteiger partial charge >= 0.3 is 5.97 Å². The molecule has 0 atom stereocenters. The van der Waals surface area contributed by atoms with Gasteiger partial charge < -0.3 is 10.0 Å². The van der Waals surface area contributed by atoms with Gasteiger partial charge in [-0.05, 0) is 18.2 Å². The largest absolute Gasteiger partial charge is 0.481 e. The zero-order valence-electron chi connectivity index (χ0n) is 9.06. The van der Waals surface area contributed by atoms with Crippen molar-refractivity contribution < 1.29 is 9.90 Å². The molecule has 4 nitrogen and oxygen atoms in total. The van der Waals surface area contributed by atoms with E-state index >= 15 is 0 Å². The third-order valence-electron chi connectivity index (χ3n) is 2.84. The van der Waals surface area contributed by atoms with E-state index in [2.05, 4.69) is 22.0 Å². The maximum atomic E-state index is 10.5. The summed E-state index contributed by atoms with van der Waals surface area (Å²) in [6, 6.07) is 7.64. The minimum Gasteiger partial charge on any atom is -0.481 e. The minimum atomic E-state index is -0.760. The lowest BCUT2D eigenvalue weighted by atomic mass is 9.95. The van der Waals surface area contributed by atoms with Crippen LogP contribution in [0.15, 0.2) is 22.7 Å². The maximum absolute atomic E-state index is 10.5. The highest BCUT2D eigenvalue weighted by atomic mass is 79.9. The van der Waals surface area contributed by atoms with Crippen LogP contribution in [0.25, 0.3) is 0 Å². The second-order valence-corrected chi connectivity index (χ2v) is 5.06. The van der Waals surface area contributed by atoms with Crippen LogP contribution in [0.3, 0.4) is 0 Å². The van der Waals surface area contributed by atoms with Gasteiger partial charge in [-0.3, -0.25) is 4.79 Å². The van der Waals surface area contributed by atoms with Crippen molar-refractivity contribution in [3.8, 4) is 6.07 Å². The summed E-state index contributed by atoms with van der Waals surface area (Å²) >= 11 is 3.37. The normalized spacial score (nSPS) is 15.2. The molecule has 1 N–H and O–H groups in total. The SMILES string of the molecule is N#Cc1ccc(Br)cc1N1CC(CC(=O)O)C1. The fourth-order valence-corrected chi connectivity index (χ4v) is 2.35. The van der Waals surface area contributed by atoms with E-state index in [1.54, 1.807) is 6.07 Å². The average molecular weight is 295 g/mol. The fourth-order valence-electron chi connectivity index (χ4n) is 2.00. The van der Waals surface area contributed by atoms with Gasteiger partial charge in [0.05, 0.1) is 17.7 Å².